The van der Waals surface area contributed by atoms with Gasteiger partial charge in [0.15, 0.2) is 0 Å². The fourth-order valence-corrected chi connectivity index (χ4v) is 5.15. The van der Waals surface area contributed by atoms with Crippen LogP contribution in [0.4, 0.5) is 4.39 Å². The van der Waals surface area contributed by atoms with Gasteiger partial charge >= 0.3 is 0 Å². The van der Waals surface area contributed by atoms with Gasteiger partial charge in [-0.25, -0.2) is 4.39 Å². The number of hydrogen-bond acceptors (Lipinski definition) is 5. The van der Waals surface area contributed by atoms with Crippen molar-refractivity contribution in [2.45, 2.75) is 26.8 Å². The molecule has 1 aliphatic rings. The predicted octanol–water partition coefficient (Wildman–Crippen LogP) is 5.01. The minimum atomic E-state index is -0.232. The number of nitrogens with two attached hydrogens (primary N) is 2. The van der Waals surface area contributed by atoms with Crippen LogP contribution in [-0.4, -0.2) is 17.2 Å². The highest BCUT2D eigenvalue weighted by atomic mass is 32.2. The zero-order chi connectivity index (χ0) is 23.5. The Morgan fingerprint density at radius 2 is 2.09 bits per heavy atom. The van der Waals surface area contributed by atoms with Crippen LogP contribution in [0.5, 0.6) is 0 Å². The number of H-pyrrole nitrogens is 1. The number of nitrogens with one attached hydrogen (secondary N) is 2. The van der Waals surface area contributed by atoms with Crippen molar-refractivity contribution in [3.05, 3.63) is 99.7 Å². The van der Waals surface area contributed by atoms with Crippen molar-refractivity contribution in [2.24, 2.45) is 16.5 Å². The average molecular weight is 462 g/mol. The lowest BCUT2D eigenvalue weighted by molar-refractivity contribution is 0.637. The largest absolute Gasteiger partial charge is 0.385 e. The quantitative estimate of drug-likeness (QED) is 0.398. The molecule has 0 saturated heterocycles. The summed E-state index contributed by atoms with van der Waals surface area (Å²) in [5.74, 6) is 0.326. The number of aromatic nitrogens is 1. The van der Waals surface area contributed by atoms with E-state index in [1.54, 1.807) is 11.8 Å². The number of aromatic amines is 1. The normalized spacial score (nSPS) is 16.4. The van der Waals surface area contributed by atoms with Gasteiger partial charge in [0.25, 0.3) is 0 Å². The van der Waals surface area contributed by atoms with Gasteiger partial charge in [0.1, 0.15) is 11.6 Å². The lowest BCUT2D eigenvalue weighted by Crippen LogP contribution is -2.25. The third-order valence-electron chi connectivity index (χ3n) is 5.75. The molecule has 0 radical (unpaired) electrons. The van der Waals surface area contributed by atoms with E-state index < -0.39 is 0 Å². The fraction of sp³-hybridized carbons (Fsp3) is 0.192. The maximum absolute atomic E-state index is 14.2. The highest BCUT2D eigenvalue weighted by Gasteiger charge is 2.22. The Morgan fingerprint density at radius 3 is 2.85 bits per heavy atom. The third-order valence-corrected chi connectivity index (χ3v) is 6.96. The standard InChI is InChI=1S/C26H28FN5S/c1-4-30-21-13-22(18-7-5-6-17(12-18)14-28)33-25(21)26(29)31-11-10-19-16(3)32-24-20(27)9-8-15(2)23(19)24/h4-9,12-13,31-32H,1,10-11,14,28-29H2,2-3H3/b26-25-,30-21-. The van der Waals surface area contributed by atoms with Crippen molar-refractivity contribution in [1.29, 1.82) is 0 Å². The van der Waals surface area contributed by atoms with Crippen molar-refractivity contribution < 1.29 is 4.39 Å². The Balaban J connectivity index is 1.54. The molecule has 0 saturated carbocycles. The van der Waals surface area contributed by atoms with Crippen LogP contribution < -0.4 is 16.8 Å². The van der Waals surface area contributed by atoms with Crippen LogP contribution in [0.25, 0.3) is 15.8 Å². The van der Waals surface area contributed by atoms with Crippen molar-refractivity contribution >= 4 is 33.3 Å². The lowest BCUT2D eigenvalue weighted by Gasteiger charge is -2.11. The van der Waals surface area contributed by atoms with Gasteiger partial charge in [-0.15, -0.1) is 0 Å². The van der Waals surface area contributed by atoms with E-state index in [-0.39, 0.29) is 5.82 Å². The molecule has 0 bridgehead atoms. The first-order chi connectivity index (χ1) is 15.9. The first-order valence-corrected chi connectivity index (χ1v) is 11.6. The molecule has 33 heavy (non-hydrogen) atoms. The number of nitrogens with zero attached hydrogens (tertiary/aromatic N) is 1. The van der Waals surface area contributed by atoms with Gasteiger partial charge < -0.3 is 21.8 Å². The zero-order valence-electron chi connectivity index (χ0n) is 18.8. The summed E-state index contributed by atoms with van der Waals surface area (Å²) in [4.78, 5) is 9.52. The number of thioether (sulfide) groups is 1. The Kier molecular flexibility index (Phi) is 6.72. The van der Waals surface area contributed by atoms with E-state index in [9.17, 15) is 4.39 Å². The van der Waals surface area contributed by atoms with Crippen LogP contribution in [0.15, 0.2) is 71.0 Å². The number of aliphatic imine (C=N–C) groups is 1. The molecule has 6 N–H and O–H groups in total. The molecular formula is C26H28FN5S. The van der Waals surface area contributed by atoms with Crippen molar-refractivity contribution in [1.82, 2.24) is 10.3 Å². The molecular weight excluding hydrogens is 433 g/mol. The molecule has 7 heteroatoms. The van der Waals surface area contributed by atoms with Gasteiger partial charge in [0, 0.05) is 35.3 Å². The minimum Gasteiger partial charge on any atom is -0.385 e. The van der Waals surface area contributed by atoms with E-state index in [1.807, 2.05) is 38.1 Å². The molecule has 2 aromatic carbocycles. The highest BCUT2D eigenvalue weighted by molar-refractivity contribution is 8.13. The number of aryl methyl sites for hydroxylation is 2. The summed E-state index contributed by atoms with van der Waals surface area (Å²) < 4.78 is 14.2. The van der Waals surface area contributed by atoms with Crippen LogP contribution in [-0.2, 0) is 13.0 Å². The predicted molar refractivity (Wildman–Crippen MR) is 138 cm³/mol. The number of rotatable bonds is 7. The molecule has 3 aromatic rings. The molecule has 0 atom stereocenters. The van der Waals surface area contributed by atoms with E-state index in [2.05, 4.69) is 34.0 Å². The molecule has 1 aromatic heterocycles. The number of allylic oxidation sites excluding steroid dienone is 2. The smallest absolute Gasteiger partial charge is 0.147 e. The molecule has 2 heterocycles. The van der Waals surface area contributed by atoms with Gasteiger partial charge in [-0.3, -0.25) is 4.99 Å². The van der Waals surface area contributed by atoms with Gasteiger partial charge in [-0.05, 0) is 60.7 Å². The van der Waals surface area contributed by atoms with E-state index in [1.165, 1.54) is 12.3 Å². The summed E-state index contributed by atoms with van der Waals surface area (Å²) in [6.45, 7) is 8.81. The summed E-state index contributed by atoms with van der Waals surface area (Å²) in [6.07, 6.45) is 4.24. The molecule has 1 aliphatic heterocycles. The molecule has 0 unspecified atom stereocenters. The van der Waals surface area contributed by atoms with E-state index >= 15 is 0 Å². The summed E-state index contributed by atoms with van der Waals surface area (Å²) >= 11 is 1.58. The van der Waals surface area contributed by atoms with Crippen molar-refractivity contribution in [2.75, 3.05) is 6.54 Å². The van der Waals surface area contributed by atoms with E-state index in [4.69, 9.17) is 11.5 Å². The molecule has 170 valence electrons. The molecule has 0 amide bonds. The Bertz CT molecular complexity index is 1320. The Hall–Kier alpha value is -3.29. The monoisotopic (exact) mass is 461 g/mol. The second kappa shape index (κ2) is 9.68. The molecule has 4 rings (SSSR count). The summed E-state index contributed by atoms with van der Waals surface area (Å²) in [5.41, 5.74) is 18.9. The third kappa shape index (κ3) is 4.60. The van der Waals surface area contributed by atoms with Crippen molar-refractivity contribution in [3.8, 4) is 0 Å². The SMILES string of the molecule is C=C/N=C1/C=C(c2cccc(CN)c2)S/C1=C(/N)NCCc1c(C)[nH]c2c(F)ccc(C)c12. The van der Waals surface area contributed by atoms with Crippen LogP contribution >= 0.6 is 11.8 Å². The highest BCUT2D eigenvalue weighted by Crippen LogP contribution is 2.41. The number of hydrogen-bond donors (Lipinski definition) is 4. The maximum atomic E-state index is 14.2. The van der Waals surface area contributed by atoms with Crippen LogP contribution in [0.3, 0.4) is 0 Å². The molecule has 0 fully saturated rings. The van der Waals surface area contributed by atoms with Crippen LogP contribution in [0, 0.1) is 19.7 Å². The first-order valence-electron chi connectivity index (χ1n) is 10.8. The minimum absolute atomic E-state index is 0.232. The van der Waals surface area contributed by atoms with Gasteiger partial charge in [-0.1, -0.05) is 42.6 Å². The summed E-state index contributed by atoms with van der Waals surface area (Å²) in [7, 11) is 0. The molecule has 0 aliphatic carbocycles. The second-order valence-corrected chi connectivity index (χ2v) is 9.03. The van der Waals surface area contributed by atoms with Crippen LogP contribution in [0.2, 0.25) is 0 Å². The summed E-state index contributed by atoms with van der Waals surface area (Å²) in [5, 5.41) is 4.28. The van der Waals surface area contributed by atoms with Crippen LogP contribution in [0.1, 0.15) is 27.9 Å². The fourth-order valence-electron chi connectivity index (χ4n) is 4.12. The Morgan fingerprint density at radius 1 is 1.27 bits per heavy atom. The second-order valence-electron chi connectivity index (χ2n) is 7.97. The van der Waals surface area contributed by atoms with Gasteiger partial charge in [-0.2, -0.15) is 0 Å². The molecule has 0 spiro atoms. The van der Waals surface area contributed by atoms with Gasteiger partial charge in [0.2, 0.25) is 0 Å². The number of halogens is 1. The van der Waals surface area contributed by atoms with E-state index in [0.29, 0.717) is 30.8 Å². The average Bonchev–Trinajstić information content (AvgIpc) is 3.39. The molecule has 5 nitrogen and oxygen atoms in total. The number of benzene rings is 2. The Labute approximate surface area is 197 Å². The van der Waals surface area contributed by atoms with Crippen molar-refractivity contribution in [3.63, 3.8) is 0 Å². The van der Waals surface area contributed by atoms with Gasteiger partial charge in [0.05, 0.1) is 16.1 Å². The topological polar surface area (TPSA) is 92.2 Å². The zero-order valence-corrected chi connectivity index (χ0v) is 19.7. The summed E-state index contributed by atoms with van der Waals surface area (Å²) in [6, 6.07) is 11.5. The van der Waals surface area contributed by atoms with E-state index in [0.717, 1.165) is 48.9 Å². The lowest BCUT2D eigenvalue weighted by atomic mass is 10.0. The maximum Gasteiger partial charge on any atom is 0.147 e. The number of fused-ring (bicyclic) bond motifs is 1. The first kappa shape index (κ1) is 22.9.